The largest absolute Gasteiger partial charge is 0.340 e. The highest BCUT2D eigenvalue weighted by Gasteiger charge is 2.41. The summed E-state index contributed by atoms with van der Waals surface area (Å²) in [5.74, 6) is 1.01. The number of aromatic amines is 1. The molecule has 0 spiro atoms. The van der Waals surface area contributed by atoms with Gasteiger partial charge in [-0.15, -0.1) is 0 Å². The van der Waals surface area contributed by atoms with E-state index in [9.17, 15) is 19.2 Å². The number of nitrogens with zero attached hydrogens (tertiary/aromatic N) is 5. The lowest BCUT2D eigenvalue weighted by Gasteiger charge is -2.28. The summed E-state index contributed by atoms with van der Waals surface area (Å²) < 4.78 is 5.79. The zero-order valence-corrected chi connectivity index (χ0v) is 35.4. The first-order valence-corrected chi connectivity index (χ1v) is 22.1. The molecule has 4 amide bonds. The van der Waals surface area contributed by atoms with Crippen LogP contribution in [0.4, 0.5) is 0 Å². The van der Waals surface area contributed by atoms with Crippen LogP contribution in [0, 0.1) is 11.8 Å². The number of H-pyrrole nitrogens is 1. The van der Waals surface area contributed by atoms with Crippen LogP contribution in [0.5, 0.6) is 0 Å². The maximum Gasteiger partial charge on any atom is 0.250 e. The normalized spacial score (nSPS) is 20.0. The summed E-state index contributed by atoms with van der Waals surface area (Å²) in [6, 6.07) is 24.6. The smallest absolute Gasteiger partial charge is 0.250 e. The number of hydrogen-bond donors (Lipinski definition) is 3. The van der Waals surface area contributed by atoms with Gasteiger partial charge in [0.1, 0.15) is 23.9 Å². The van der Waals surface area contributed by atoms with Crippen molar-refractivity contribution in [2.24, 2.45) is 11.8 Å². The molecule has 63 heavy (non-hydrogen) atoms. The van der Waals surface area contributed by atoms with Crippen molar-refractivity contribution in [1.82, 2.24) is 40.5 Å². The average molecular weight is 845 g/mol. The fourth-order valence-corrected chi connectivity index (χ4v) is 8.61. The highest BCUT2D eigenvalue weighted by Crippen LogP contribution is 2.37. The Morgan fingerprint density at radius 1 is 0.746 bits per heavy atom. The molecular formula is C50H52N8O5. The Balaban J connectivity index is 0.858. The maximum absolute atomic E-state index is 14.1. The fourth-order valence-electron chi connectivity index (χ4n) is 8.61. The summed E-state index contributed by atoms with van der Waals surface area (Å²) in [6.07, 6.45) is 14.1. The molecular weight excluding hydrogens is 793 g/mol. The summed E-state index contributed by atoms with van der Waals surface area (Å²) in [4.78, 5) is 70.4. The van der Waals surface area contributed by atoms with Crippen LogP contribution in [0.25, 0.3) is 22.5 Å². The summed E-state index contributed by atoms with van der Waals surface area (Å²) in [6.45, 7) is 7.21. The molecule has 13 nitrogen and oxygen atoms in total. The van der Waals surface area contributed by atoms with Crippen molar-refractivity contribution >= 4 is 34.8 Å². The van der Waals surface area contributed by atoms with Crippen molar-refractivity contribution < 1.29 is 23.7 Å². The van der Waals surface area contributed by atoms with Gasteiger partial charge >= 0.3 is 0 Å². The number of amides is 4. The Hall–Kier alpha value is -6.89. The fraction of sp³-hybridized carbons (Fsp3) is 0.340. The van der Waals surface area contributed by atoms with E-state index >= 15 is 0 Å². The second-order valence-electron chi connectivity index (χ2n) is 17.0. The minimum atomic E-state index is -0.785. The maximum atomic E-state index is 14.1. The molecule has 322 valence electrons. The molecule has 13 heteroatoms. The summed E-state index contributed by atoms with van der Waals surface area (Å²) in [5, 5.41) is 10.3. The van der Waals surface area contributed by atoms with E-state index in [0.29, 0.717) is 37.0 Å². The second-order valence-corrected chi connectivity index (χ2v) is 17.0. The molecule has 3 aromatic carbocycles. The van der Waals surface area contributed by atoms with Crippen molar-refractivity contribution in [3.05, 3.63) is 150 Å². The van der Waals surface area contributed by atoms with Gasteiger partial charge in [-0.05, 0) is 86.1 Å². The van der Waals surface area contributed by atoms with Crippen LogP contribution in [0.2, 0.25) is 0 Å². The molecule has 0 bridgehead atoms. The molecule has 2 saturated heterocycles. The van der Waals surface area contributed by atoms with Gasteiger partial charge in [-0.25, -0.2) is 4.98 Å². The van der Waals surface area contributed by atoms with Crippen LogP contribution in [0.15, 0.2) is 120 Å². The van der Waals surface area contributed by atoms with Crippen molar-refractivity contribution in [3.63, 3.8) is 0 Å². The number of rotatable bonds is 15. The molecule has 0 radical (unpaired) electrons. The number of allylic oxidation sites excluding steroid dienone is 5. The Bertz CT molecular complexity index is 2540. The van der Waals surface area contributed by atoms with Gasteiger partial charge in [0.15, 0.2) is 0 Å². The van der Waals surface area contributed by atoms with Gasteiger partial charge in [0.2, 0.25) is 35.3 Å². The van der Waals surface area contributed by atoms with Gasteiger partial charge in [0.25, 0.3) is 0 Å². The Labute approximate surface area is 366 Å². The third-order valence-corrected chi connectivity index (χ3v) is 12.6. The van der Waals surface area contributed by atoms with Crippen molar-refractivity contribution in [2.45, 2.75) is 82.5 Å². The van der Waals surface area contributed by atoms with Crippen LogP contribution in [0.1, 0.15) is 117 Å². The van der Waals surface area contributed by atoms with Crippen LogP contribution in [-0.4, -0.2) is 66.6 Å². The van der Waals surface area contributed by atoms with Crippen LogP contribution in [-0.2, 0) is 19.2 Å². The number of imidazole rings is 1. The highest BCUT2D eigenvalue weighted by atomic mass is 16.5. The molecule has 4 heterocycles. The lowest BCUT2D eigenvalue weighted by atomic mass is 10.0. The topological polar surface area (TPSA) is 166 Å². The minimum absolute atomic E-state index is 0.0128. The predicted molar refractivity (Wildman–Crippen MR) is 238 cm³/mol. The standard InChI is InChI=1S/C50H52N8O5/c1-3-32(39-30-51-45(52-39)40-16-10-28-57(40)49(61)42(34-12-6-4-7-13-34)53-46(59)37-24-25-37)19-18-31(2)33-20-22-36(23-21-33)44-55-48(63-56-44)41-17-11-29-58(41)50(62)43(35-14-8-5-9-15-35)54-47(60)38-26-27-38/h3-9,12-15,18-23,30,37-38,40-43H,1,10-11,16-17,24-29H2,2H3,(H,51,52)(H,53,59)(H,54,60)/b31-18+,32-19+/t40-,41-,42+,43+/m0/s1. The van der Waals surface area contributed by atoms with Crippen LogP contribution >= 0.6 is 0 Å². The number of carbonyl (C=O) groups is 4. The molecule has 2 aliphatic heterocycles. The lowest BCUT2D eigenvalue weighted by molar-refractivity contribution is -0.138. The summed E-state index contributed by atoms with van der Waals surface area (Å²) in [7, 11) is 0. The monoisotopic (exact) mass is 844 g/mol. The van der Waals surface area contributed by atoms with E-state index < -0.39 is 12.1 Å². The first-order valence-electron chi connectivity index (χ1n) is 22.1. The quantitative estimate of drug-likeness (QED) is 0.0892. The minimum Gasteiger partial charge on any atom is -0.340 e. The van der Waals surface area contributed by atoms with Crippen LogP contribution in [0.3, 0.4) is 0 Å². The molecule has 2 aliphatic carbocycles. The molecule has 4 fully saturated rings. The number of hydrogen-bond acceptors (Lipinski definition) is 8. The number of carbonyl (C=O) groups excluding carboxylic acids is 4. The zero-order chi connectivity index (χ0) is 43.5. The van der Waals surface area contributed by atoms with E-state index in [1.54, 1.807) is 17.2 Å². The number of aromatic nitrogens is 4. The van der Waals surface area contributed by atoms with E-state index in [1.165, 1.54) is 0 Å². The number of benzene rings is 3. The second kappa shape index (κ2) is 18.2. The molecule has 4 atom stereocenters. The third kappa shape index (κ3) is 9.18. The molecule has 3 N–H and O–H groups in total. The molecule has 0 unspecified atom stereocenters. The molecule has 4 aliphatic rings. The average Bonchev–Trinajstić information content (AvgIpc) is 4.08. The zero-order valence-electron chi connectivity index (χ0n) is 35.4. The lowest BCUT2D eigenvalue weighted by Crippen LogP contribution is -2.43. The Morgan fingerprint density at radius 2 is 1.30 bits per heavy atom. The van der Waals surface area contributed by atoms with E-state index in [1.807, 2.05) is 109 Å². The Kier molecular flexibility index (Phi) is 12.0. The van der Waals surface area contributed by atoms with Gasteiger partial charge < -0.3 is 29.9 Å². The Morgan fingerprint density at radius 3 is 1.86 bits per heavy atom. The van der Waals surface area contributed by atoms with E-state index in [4.69, 9.17) is 14.5 Å². The van der Waals surface area contributed by atoms with Crippen LogP contribution < -0.4 is 10.6 Å². The van der Waals surface area contributed by atoms with Crippen molar-refractivity contribution in [1.29, 1.82) is 0 Å². The molecule has 5 aromatic rings. The van der Waals surface area contributed by atoms with Gasteiger partial charge in [0.05, 0.1) is 17.9 Å². The van der Waals surface area contributed by atoms with Crippen molar-refractivity contribution in [2.75, 3.05) is 13.1 Å². The predicted octanol–water partition coefficient (Wildman–Crippen LogP) is 7.99. The molecule has 2 saturated carbocycles. The van der Waals surface area contributed by atoms with Gasteiger partial charge in [-0.1, -0.05) is 115 Å². The first-order chi connectivity index (χ1) is 30.7. The van der Waals surface area contributed by atoms with E-state index in [2.05, 4.69) is 27.4 Å². The number of nitrogens with one attached hydrogen (secondary N) is 3. The SMILES string of the molecule is C=C/C(=C\C=C(/C)c1ccc(-c2noc([C@@H]3CCCN3C(=O)[C@H](NC(=O)C3CC3)c3ccccc3)n2)cc1)c1cnc([C@@H]2CCCN2C(=O)[C@H](NC(=O)C2CC2)c2ccccc2)[nH]1. The van der Waals surface area contributed by atoms with E-state index in [-0.39, 0.29) is 47.5 Å². The van der Waals surface area contributed by atoms with Gasteiger partial charge in [-0.3, -0.25) is 19.2 Å². The molecule has 9 rings (SSSR count). The van der Waals surface area contributed by atoms with Gasteiger partial charge in [-0.2, -0.15) is 4.98 Å². The third-order valence-electron chi connectivity index (χ3n) is 12.6. The summed E-state index contributed by atoms with van der Waals surface area (Å²) in [5.41, 5.74) is 5.95. The summed E-state index contributed by atoms with van der Waals surface area (Å²) >= 11 is 0. The first kappa shape index (κ1) is 41.5. The van der Waals surface area contributed by atoms with Gasteiger partial charge in [0, 0.05) is 30.5 Å². The van der Waals surface area contributed by atoms with Crippen molar-refractivity contribution in [3.8, 4) is 11.4 Å². The highest BCUT2D eigenvalue weighted by molar-refractivity contribution is 5.91. The number of likely N-dealkylation sites (tertiary alicyclic amines) is 2. The molecule has 2 aromatic heterocycles. The van der Waals surface area contributed by atoms with E-state index in [0.717, 1.165) is 84.0 Å².